The van der Waals surface area contributed by atoms with Crippen LogP contribution in [0.25, 0.3) is 0 Å². The van der Waals surface area contributed by atoms with Crippen molar-refractivity contribution in [2.75, 3.05) is 20.5 Å². The Morgan fingerprint density at radius 2 is 1.96 bits per heavy atom. The molecule has 1 N–H and O–H groups in total. The number of fused-ring (bicyclic) bond motifs is 1. The maximum Gasteiger partial charge on any atom is 0.417 e. The standard InChI is InChI=1S/C17H18O9/c1-3-23-15(19)12-11(14(12)26-17(21)16(20)22-2)13(18)8-4-5-9-10(6-8)25-7-24-9/h4-6,11-14,18H,3,7H2,1-2H3/t11-,12+,13+,14+/m1/s1. The van der Waals surface area contributed by atoms with Crippen LogP contribution in [0.3, 0.4) is 0 Å². The number of rotatable bonds is 5. The van der Waals surface area contributed by atoms with Gasteiger partial charge in [0.15, 0.2) is 11.5 Å². The molecule has 0 bridgehead atoms. The summed E-state index contributed by atoms with van der Waals surface area (Å²) in [5.41, 5.74) is 0.463. The van der Waals surface area contributed by atoms with Crippen LogP contribution in [0, 0.1) is 11.8 Å². The molecule has 1 aromatic rings. The zero-order chi connectivity index (χ0) is 18.8. The minimum atomic E-state index is -1.23. The second-order valence-corrected chi connectivity index (χ2v) is 5.77. The molecule has 1 heterocycles. The van der Waals surface area contributed by atoms with Crippen molar-refractivity contribution in [1.29, 1.82) is 0 Å². The predicted molar refractivity (Wildman–Crippen MR) is 83.0 cm³/mol. The zero-order valence-electron chi connectivity index (χ0n) is 14.2. The molecule has 2 aliphatic rings. The maximum atomic E-state index is 12.1. The lowest BCUT2D eigenvalue weighted by Crippen LogP contribution is -2.22. The lowest BCUT2D eigenvalue weighted by molar-refractivity contribution is -0.168. The molecule has 1 fully saturated rings. The van der Waals surface area contributed by atoms with Crippen molar-refractivity contribution in [2.45, 2.75) is 19.1 Å². The third-order valence-electron chi connectivity index (χ3n) is 4.26. The maximum absolute atomic E-state index is 12.1. The molecule has 3 rings (SSSR count). The minimum Gasteiger partial charge on any atom is -0.466 e. The van der Waals surface area contributed by atoms with Gasteiger partial charge in [-0.3, -0.25) is 4.79 Å². The first-order valence-electron chi connectivity index (χ1n) is 8.01. The van der Waals surface area contributed by atoms with Crippen molar-refractivity contribution >= 4 is 17.9 Å². The van der Waals surface area contributed by atoms with Gasteiger partial charge in [0.2, 0.25) is 6.79 Å². The SMILES string of the molecule is CCOC(=O)[C@@H]1[C@@H](OC(=O)C(=O)OC)[C@H]1[C@@H](O)c1ccc2c(c1)OCO2. The molecule has 0 amide bonds. The summed E-state index contributed by atoms with van der Waals surface area (Å²) in [5, 5.41) is 10.6. The van der Waals surface area contributed by atoms with Gasteiger partial charge in [-0.1, -0.05) is 6.07 Å². The number of methoxy groups -OCH3 is 1. The molecular weight excluding hydrogens is 348 g/mol. The summed E-state index contributed by atoms with van der Waals surface area (Å²) in [7, 11) is 1.04. The van der Waals surface area contributed by atoms with Gasteiger partial charge < -0.3 is 28.8 Å². The van der Waals surface area contributed by atoms with Gasteiger partial charge in [-0.05, 0) is 24.6 Å². The molecule has 0 radical (unpaired) electrons. The molecule has 4 atom stereocenters. The van der Waals surface area contributed by atoms with E-state index >= 15 is 0 Å². The van der Waals surface area contributed by atoms with Crippen LogP contribution in [0.1, 0.15) is 18.6 Å². The van der Waals surface area contributed by atoms with E-state index in [4.69, 9.17) is 18.9 Å². The fourth-order valence-electron chi connectivity index (χ4n) is 2.94. The largest absolute Gasteiger partial charge is 0.466 e. The highest BCUT2D eigenvalue weighted by atomic mass is 16.7. The quantitative estimate of drug-likeness (QED) is 0.447. The smallest absolute Gasteiger partial charge is 0.417 e. The zero-order valence-corrected chi connectivity index (χ0v) is 14.2. The fourth-order valence-corrected chi connectivity index (χ4v) is 2.94. The van der Waals surface area contributed by atoms with E-state index in [0.29, 0.717) is 17.1 Å². The fraction of sp³-hybridized carbons (Fsp3) is 0.471. The van der Waals surface area contributed by atoms with Crippen LogP contribution in [0.5, 0.6) is 11.5 Å². The predicted octanol–water partition coefficient (Wildman–Crippen LogP) is 0.343. The summed E-state index contributed by atoms with van der Waals surface area (Å²) in [6, 6.07) is 4.85. The Morgan fingerprint density at radius 1 is 1.23 bits per heavy atom. The van der Waals surface area contributed by atoms with E-state index in [1.807, 2.05) is 0 Å². The third-order valence-corrected chi connectivity index (χ3v) is 4.26. The van der Waals surface area contributed by atoms with E-state index in [2.05, 4.69) is 4.74 Å². The van der Waals surface area contributed by atoms with Crippen molar-refractivity contribution in [3.05, 3.63) is 23.8 Å². The molecule has 26 heavy (non-hydrogen) atoms. The average molecular weight is 366 g/mol. The monoisotopic (exact) mass is 366 g/mol. The van der Waals surface area contributed by atoms with E-state index in [0.717, 1.165) is 7.11 Å². The summed E-state index contributed by atoms with van der Waals surface area (Å²) >= 11 is 0. The average Bonchev–Trinajstić information content (AvgIpc) is 3.14. The van der Waals surface area contributed by atoms with Crippen LogP contribution < -0.4 is 9.47 Å². The van der Waals surface area contributed by atoms with Crippen molar-refractivity contribution in [2.24, 2.45) is 11.8 Å². The molecule has 1 aliphatic carbocycles. The van der Waals surface area contributed by atoms with Crippen LogP contribution >= 0.6 is 0 Å². The second-order valence-electron chi connectivity index (χ2n) is 5.77. The number of carbonyl (C=O) groups is 3. The Labute approximate surface area is 148 Å². The van der Waals surface area contributed by atoms with E-state index in [9.17, 15) is 19.5 Å². The lowest BCUT2D eigenvalue weighted by atomic mass is 10.0. The number of ether oxygens (including phenoxy) is 5. The van der Waals surface area contributed by atoms with Gasteiger partial charge in [-0.15, -0.1) is 0 Å². The highest BCUT2D eigenvalue weighted by Gasteiger charge is 2.62. The van der Waals surface area contributed by atoms with Gasteiger partial charge in [-0.2, -0.15) is 0 Å². The van der Waals surface area contributed by atoms with E-state index in [-0.39, 0.29) is 13.4 Å². The number of aliphatic hydroxyl groups excluding tert-OH is 1. The lowest BCUT2D eigenvalue weighted by Gasteiger charge is -2.11. The number of hydrogen-bond donors (Lipinski definition) is 1. The molecule has 0 spiro atoms. The van der Waals surface area contributed by atoms with E-state index < -0.39 is 42.0 Å². The molecule has 1 aliphatic heterocycles. The Bertz CT molecular complexity index is 729. The highest BCUT2D eigenvalue weighted by molar-refractivity contribution is 6.29. The number of carbonyl (C=O) groups excluding carboxylic acids is 3. The van der Waals surface area contributed by atoms with Crippen molar-refractivity contribution < 1.29 is 43.2 Å². The molecule has 9 nitrogen and oxygen atoms in total. The molecule has 140 valence electrons. The Morgan fingerprint density at radius 3 is 2.65 bits per heavy atom. The number of esters is 3. The molecule has 1 saturated carbocycles. The van der Waals surface area contributed by atoms with Crippen LogP contribution in [-0.2, 0) is 28.6 Å². The Kier molecular flexibility index (Phi) is 4.99. The van der Waals surface area contributed by atoms with E-state index in [1.54, 1.807) is 25.1 Å². The summed E-state index contributed by atoms with van der Waals surface area (Å²) in [5.74, 6) is -3.62. The van der Waals surface area contributed by atoms with Crippen molar-refractivity contribution in [3.8, 4) is 11.5 Å². The Balaban J connectivity index is 1.77. The number of hydrogen-bond acceptors (Lipinski definition) is 9. The van der Waals surface area contributed by atoms with Gasteiger partial charge in [0.25, 0.3) is 0 Å². The van der Waals surface area contributed by atoms with Gasteiger partial charge >= 0.3 is 17.9 Å². The van der Waals surface area contributed by atoms with Gasteiger partial charge in [-0.25, -0.2) is 9.59 Å². The molecule has 0 saturated heterocycles. The summed E-state index contributed by atoms with van der Waals surface area (Å²) in [4.78, 5) is 35.0. The minimum absolute atomic E-state index is 0.0864. The molecule has 0 aromatic heterocycles. The molecule has 0 unspecified atom stereocenters. The number of benzene rings is 1. The highest BCUT2D eigenvalue weighted by Crippen LogP contribution is 2.51. The van der Waals surface area contributed by atoms with Gasteiger partial charge in [0.1, 0.15) is 12.0 Å². The first-order valence-corrected chi connectivity index (χ1v) is 8.01. The van der Waals surface area contributed by atoms with Crippen LogP contribution in [-0.4, -0.2) is 49.6 Å². The van der Waals surface area contributed by atoms with Crippen molar-refractivity contribution in [3.63, 3.8) is 0 Å². The summed E-state index contributed by atoms with van der Waals surface area (Å²) in [6.07, 6.45) is -2.12. The molecular formula is C17H18O9. The Hall–Kier alpha value is -2.81. The second kappa shape index (κ2) is 7.20. The first kappa shape index (κ1) is 18.0. The summed E-state index contributed by atoms with van der Waals surface area (Å²) in [6.45, 7) is 1.86. The van der Waals surface area contributed by atoms with Gasteiger partial charge in [0.05, 0.1) is 19.8 Å². The van der Waals surface area contributed by atoms with Crippen LogP contribution in [0.2, 0.25) is 0 Å². The summed E-state index contributed by atoms with van der Waals surface area (Å²) < 4.78 is 24.7. The molecule has 9 heteroatoms. The van der Waals surface area contributed by atoms with E-state index in [1.165, 1.54) is 0 Å². The normalized spacial score (nSPS) is 23.7. The first-order chi connectivity index (χ1) is 12.5. The van der Waals surface area contributed by atoms with Crippen LogP contribution in [0.4, 0.5) is 0 Å². The topological polar surface area (TPSA) is 118 Å². The van der Waals surface area contributed by atoms with Crippen molar-refractivity contribution in [1.82, 2.24) is 0 Å². The third kappa shape index (κ3) is 3.30. The number of aliphatic hydroxyl groups is 1. The van der Waals surface area contributed by atoms with Gasteiger partial charge in [0, 0.05) is 5.92 Å². The molecule has 1 aromatic carbocycles. The van der Waals surface area contributed by atoms with Crippen LogP contribution in [0.15, 0.2) is 18.2 Å².